The van der Waals surface area contributed by atoms with Gasteiger partial charge in [-0.2, -0.15) is 4.98 Å². The molecule has 24 heavy (non-hydrogen) atoms. The molecule has 134 valence electrons. The topological polar surface area (TPSA) is 75.2 Å². The molecular weight excluding hydrogens is 324 g/mol. The van der Waals surface area contributed by atoms with Gasteiger partial charge in [-0.05, 0) is 33.1 Å². The first-order valence-corrected chi connectivity index (χ1v) is 10.9. The molecule has 1 aromatic heterocycles. The Kier molecular flexibility index (Phi) is 5.27. The lowest BCUT2D eigenvalue weighted by Gasteiger charge is -2.29. The van der Waals surface area contributed by atoms with Gasteiger partial charge in [-0.1, -0.05) is 19.3 Å². The van der Waals surface area contributed by atoms with Crippen molar-refractivity contribution in [1.29, 1.82) is 0 Å². The summed E-state index contributed by atoms with van der Waals surface area (Å²) >= 11 is 0. The molecule has 1 saturated carbocycles. The molecule has 7 heteroatoms. The minimum Gasteiger partial charge on any atom is -0.353 e. The first-order chi connectivity index (χ1) is 11.5. The summed E-state index contributed by atoms with van der Waals surface area (Å²) in [4.78, 5) is 11.3. The maximum Gasteiger partial charge on any atom is 0.225 e. The zero-order chi connectivity index (χ0) is 17.2. The monoisotopic (exact) mass is 352 g/mol. The molecule has 6 nitrogen and oxygen atoms in total. The second kappa shape index (κ2) is 7.25. The summed E-state index contributed by atoms with van der Waals surface area (Å²) in [6.45, 7) is 4.77. The summed E-state index contributed by atoms with van der Waals surface area (Å²) in [7, 11) is -2.90. The molecule has 1 aliphatic carbocycles. The van der Waals surface area contributed by atoms with E-state index in [0.29, 0.717) is 18.4 Å². The molecule has 2 heterocycles. The van der Waals surface area contributed by atoms with E-state index in [4.69, 9.17) is 4.98 Å². The third-order valence-corrected chi connectivity index (χ3v) is 6.81. The van der Waals surface area contributed by atoms with Gasteiger partial charge < -0.3 is 10.2 Å². The lowest BCUT2D eigenvalue weighted by molar-refractivity contribution is 0.460. The molecule has 1 aromatic rings. The van der Waals surface area contributed by atoms with Crippen LogP contribution in [0.25, 0.3) is 0 Å². The van der Waals surface area contributed by atoms with Crippen LogP contribution in [0.1, 0.15) is 51.1 Å². The number of aryl methyl sites for hydroxylation is 1. The molecular formula is C17H28N4O2S. The molecule has 2 aliphatic rings. The van der Waals surface area contributed by atoms with Crippen LogP contribution in [0.15, 0.2) is 6.07 Å². The standard InChI is InChI=1S/C17H28N4O2S/c1-3-21(15-9-10-24(22,23)12-15)16-11-13(2)18-17(20-16)19-14-7-5-4-6-8-14/h11,14-15H,3-10,12H2,1-2H3,(H,18,19,20). The summed E-state index contributed by atoms with van der Waals surface area (Å²) < 4.78 is 23.6. The van der Waals surface area contributed by atoms with Crippen LogP contribution in [0.5, 0.6) is 0 Å². The van der Waals surface area contributed by atoms with E-state index in [1.54, 1.807) is 0 Å². The van der Waals surface area contributed by atoms with Gasteiger partial charge >= 0.3 is 0 Å². The van der Waals surface area contributed by atoms with E-state index in [0.717, 1.165) is 18.1 Å². The van der Waals surface area contributed by atoms with Crippen molar-refractivity contribution in [2.24, 2.45) is 0 Å². The van der Waals surface area contributed by atoms with Crippen molar-refractivity contribution < 1.29 is 8.42 Å². The van der Waals surface area contributed by atoms with Crippen LogP contribution in [0, 0.1) is 6.92 Å². The van der Waals surface area contributed by atoms with Crippen molar-refractivity contribution in [3.8, 4) is 0 Å². The van der Waals surface area contributed by atoms with Gasteiger partial charge in [-0.25, -0.2) is 13.4 Å². The Labute approximate surface area is 145 Å². The number of nitrogens with one attached hydrogen (secondary N) is 1. The molecule has 1 aliphatic heterocycles. The molecule has 0 radical (unpaired) electrons. The average Bonchev–Trinajstić information content (AvgIpc) is 2.88. The van der Waals surface area contributed by atoms with Crippen molar-refractivity contribution in [2.45, 2.75) is 64.5 Å². The lowest BCUT2D eigenvalue weighted by Crippen LogP contribution is -2.37. The highest BCUT2D eigenvalue weighted by molar-refractivity contribution is 7.91. The van der Waals surface area contributed by atoms with Crippen LogP contribution in [-0.2, 0) is 9.84 Å². The highest BCUT2D eigenvalue weighted by atomic mass is 32.2. The van der Waals surface area contributed by atoms with Crippen LogP contribution in [0.2, 0.25) is 0 Å². The van der Waals surface area contributed by atoms with E-state index in [2.05, 4.69) is 22.1 Å². The molecule has 1 saturated heterocycles. The molecule has 1 N–H and O–H groups in total. The zero-order valence-corrected chi connectivity index (χ0v) is 15.5. The largest absolute Gasteiger partial charge is 0.353 e. The summed E-state index contributed by atoms with van der Waals surface area (Å²) in [6, 6.07) is 2.44. The SMILES string of the molecule is CCN(c1cc(C)nc(NC2CCCCC2)n1)C1CCS(=O)(=O)C1. The van der Waals surface area contributed by atoms with Gasteiger partial charge in [0.1, 0.15) is 5.82 Å². The van der Waals surface area contributed by atoms with Gasteiger partial charge in [0.15, 0.2) is 9.84 Å². The molecule has 3 rings (SSSR count). The van der Waals surface area contributed by atoms with Crippen LogP contribution < -0.4 is 10.2 Å². The van der Waals surface area contributed by atoms with Crippen LogP contribution in [-0.4, -0.2) is 48.5 Å². The maximum atomic E-state index is 11.8. The fourth-order valence-electron chi connectivity index (χ4n) is 3.82. The second-order valence-electron chi connectivity index (χ2n) is 7.01. The number of rotatable bonds is 5. The predicted molar refractivity (Wildman–Crippen MR) is 97.3 cm³/mol. The van der Waals surface area contributed by atoms with Gasteiger partial charge in [-0.3, -0.25) is 0 Å². The van der Waals surface area contributed by atoms with Crippen molar-refractivity contribution in [1.82, 2.24) is 9.97 Å². The second-order valence-corrected chi connectivity index (χ2v) is 9.24. The minimum absolute atomic E-state index is 0.0248. The van der Waals surface area contributed by atoms with Gasteiger partial charge in [0.25, 0.3) is 0 Å². The van der Waals surface area contributed by atoms with Crippen LogP contribution in [0.3, 0.4) is 0 Å². The zero-order valence-electron chi connectivity index (χ0n) is 14.7. The average molecular weight is 353 g/mol. The van der Waals surface area contributed by atoms with Crippen molar-refractivity contribution >= 4 is 21.6 Å². The third-order valence-electron chi connectivity index (χ3n) is 5.06. The van der Waals surface area contributed by atoms with Crippen molar-refractivity contribution in [2.75, 3.05) is 28.3 Å². The smallest absolute Gasteiger partial charge is 0.225 e. The predicted octanol–water partition coefficient (Wildman–Crippen LogP) is 2.54. The Bertz CT molecular complexity index is 671. The molecule has 0 spiro atoms. The molecule has 1 atom stereocenters. The Balaban J connectivity index is 1.78. The number of aromatic nitrogens is 2. The summed E-state index contributed by atoms with van der Waals surface area (Å²) in [5.41, 5.74) is 0.914. The molecule has 0 amide bonds. The number of anilines is 2. The molecule has 0 bridgehead atoms. The number of hydrogen-bond donors (Lipinski definition) is 1. The molecule has 2 fully saturated rings. The minimum atomic E-state index is -2.90. The van der Waals surface area contributed by atoms with Gasteiger partial charge in [0.2, 0.25) is 5.95 Å². The third kappa shape index (κ3) is 4.18. The Morgan fingerprint density at radius 2 is 1.96 bits per heavy atom. The van der Waals surface area contributed by atoms with E-state index < -0.39 is 9.84 Å². The quantitative estimate of drug-likeness (QED) is 0.878. The van der Waals surface area contributed by atoms with Crippen LogP contribution in [0.4, 0.5) is 11.8 Å². The van der Waals surface area contributed by atoms with E-state index in [9.17, 15) is 8.42 Å². The van der Waals surface area contributed by atoms with Crippen molar-refractivity contribution in [3.05, 3.63) is 11.8 Å². The number of nitrogens with zero attached hydrogens (tertiary/aromatic N) is 3. The Morgan fingerprint density at radius 3 is 2.58 bits per heavy atom. The van der Waals surface area contributed by atoms with E-state index in [-0.39, 0.29) is 17.5 Å². The number of sulfone groups is 1. The fraction of sp³-hybridized carbons (Fsp3) is 0.765. The highest BCUT2D eigenvalue weighted by Gasteiger charge is 2.32. The Morgan fingerprint density at radius 1 is 1.21 bits per heavy atom. The van der Waals surface area contributed by atoms with Gasteiger partial charge in [0.05, 0.1) is 11.5 Å². The summed E-state index contributed by atoms with van der Waals surface area (Å²) in [5, 5.41) is 3.48. The number of hydrogen-bond acceptors (Lipinski definition) is 6. The lowest BCUT2D eigenvalue weighted by atomic mass is 9.96. The maximum absolute atomic E-state index is 11.8. The van der Waals surface area contributed by atoms with Gasteiger partial charge in [0, 0.05) is 30.4 Å². The first-order valence-electron chi connectivity index (χ1n) is 9.06. The van der Waals surface area contributed by atoms with E-state index >= 15 is 0 Å². The summed E-state index contributed by atoms with van der Waals surface area (Å²) in [5.74, 6) is 2.03. The molecule has 0 aromatic carbocycles. The fourth-order valence-corrected chi connectivity index (χ4v) is 5.55. The first kappa shape index (κ1) is 17.5. The Hall–Kier alpha value is -1.37. The van der Waals surface area contributed by atoms with Gasteiger partial charge in [-0.15, -0.1) is 0 Å². The normalized spacial score (nSPS) is 24.0. The van der Waals surface area contributed by atoms with Crippen molar-refractivity contribution in [3.63, 3.8) is 0 Å². The van der Waals surface area contributed by atoms with Crippen LogP contribution >= 0.6 is 0 Å². The van der Waals surface area contributed by atoms with E-state index in [1.807, 2.05) is 13.0 Å². The van der Waals surface area contributed by atoms with E-state index in [1.165, 1.54) is 32.1 Å². The summed E-state index contributed by atoms with van der Waals surface area (Å²) in [6.07, 6.45) is 6.87. The molecule has 1 unspecified atom stereocenters. The highest BCUT2D eigenvalue weighted by Crippen LogP contribution is 2.25.